The second-order valence-electron chi connectivity index (χ2n) is 8.15. The zero-order chi connectivity index (χ0) is 16.4. The lowest BCUT2D eigenvalue weighted by molar-refractivity contribution is 0.0920. The van der Waals surface area contributed by atoms with Crippen molar-refractivity contribution in [3.63, 3.8) is 0 Å². The molecule has 1 aromatic rings. The fourth-order valence-electron chi connectivity index (χ4n) is 3.17. The van der Waals surface area contributed by atoms with Crippen LogP contribution in [-0.4, -0.2) is 17.4 Å². The van der Waals surface area contributed by atoms with Gasteiger partial charge in [-0.05, 0) is 63.6 Å². The summed E-state index contributed by atoms with van der Waals surface area (Å²) in [4.78, 5) is 12.6. The predicted molar refractivity (Wildman–Crippen MR) is 91.0 cm³/mol. The molecule has 1 aromatic carbocycles. The highest BCUT2D eigenvalue weighted by atomic mass is 16.1. The van der Waals surface area contributed by atoms with E-state index >= 15 is 0 Å². The summed E-state index contributed by atoms with van der Waals surface area (Å²) in [5.74, 6) is 0.167. The Bertz CT molecular complexity index is 509. The van der Waals surface area contributed by atoms with Crippen LogP contribution in [0.15, 0.2) is 18.2 Å². The van der Waals surface area contributed by atoms with Crippen molar-refractivity contribution in [2.45, 2.75) is 73.4 Å². The first-order valence-corrected chi connectivity index (χ1v) is 7.80. The summed E-state index contributed by atoms with van der Waals surface area (Å²) in [6.45, 7) is 17.1. The molecular formula is C19H31NO. The molecule has 0 saturated heterocycles. The Kier molecular flexibility index (Phi) is 5.38. The second kappa shape index (κ2) is 6.31. The molecule has 0 radical (unpaired) electrons. The molecule has 0 aromatic heterocycles. The smallest absolute Gasteiger partial charge is 0.179 e. The average Bonchev–Trinajstić information content (AvgIpc) is 2.27. The summed E-state index contributed by atoms with van der Waals surface area (Å²) in [6.07, 6.45) is 1.02. The number of benzene rings is 1. The van der Waals surface area contributed by atoms with Crippen LogP contribution in [0, 0.1) is 19.3 Å². The molecule has 0 amide bonds. The van der Waals surface area contributed by atoms with E-state index in [2.05, 4.69) is 46.9 Å². The van der Waals surface area contributed by atoms with E-state index in [4.69, 9.17) is 0 Å². The summed E-state index contributed by atoms with van der Waals surface area (Å²) in [5.41, 5.74) is 3.36. The van der Waals surface area contributed by atoms with Crippen molar-refractivity contribution >= 4 is 5.78 Å². The van der Waals surface area contributed by atoms with Gasteiger partial charge in [-0.1, -0.05) is 32.9 Å². The third-order valence-electron chi connectivity index (χ3n) is 3.76. The maximum Gasteiger partial charge on any atom is 0.179 e. The van der Waals surface area contributed by atoms with E-state index < -0.39 is 0 Å². The first-order chi connectivity index (χ1) is 9.41. The maximum atomic E-state index is 12.6. The van der Waals surface area contributed by atoms with Gasteiger partial charge in [-0.2, -0.15) is 0 Å². The summed E-state index contributed by atoms with van der Waals surface area (Å²) in [7, 11) is 0. The Balaban J connectivity index is 2.81. The molecule has 1 unspecified atom stereocenters. The van der Waals surface area contributed by atoms with Gasteiger partial charge in [0.25, 0.3) is 0 Å². The van der Waals surface area contributed by atoms with E-state index in [1.54, 1.807) is 0 Å². The van der Waals surface area contributed by atoms with Crippen molar-refractivity contribution in [3.05, 3.63) is 34.9 Å². The Morgan fingerprint density at radius 1 is 1.10 bits per heavy atom. The summed E-state index contributed by atoms with van der Waals surface area (Å²) in [5, 5.41) is 3.50. The fourth-order valence-corrected chi connectivity index (χ4v) is 3.17. The minimum Gasteiger partial charge on any atom is -0.302 e. The van der Waals surface area contributed by atoms with Crippen LogP contribution < -0.4 is 5.32 Å². The molecule has 0 saturated carbocycles. The molecule has 1 N–H and O–H groups in total. The highest BCUT2D eigenvalue weighted by molar-refractivity contribution is 6.00. The predicted octanol–water partition coefficient (Wildman–Crippen LogP) is 4.68. The van der Waals surface area contributed by atoms with Gasteiger partial charge in [0.1, 0.15) is 0 Å². The molecule has 0 fully saturated rings. The highest BCUT2D eigenvalue weighted by Crippen LogP contribution is 2.27. The van der Waals surface area contributed by atoms with Gasteiger partial charge in [0.05, 0.1) is 6.04 Å². The minimum atomic E-state index is -0.176. The first kappa shape index (κ1) is 17.9. The van der Waals surface area contributed by atoms with Gasteiger partial charge < -0.3 is 5.32 Å². The van der Waals surface area contributed by atoms with Gasteiger partial charge in [-0.25, -0.2) is 0 Å². The Morgan fingerprint density at radius 2 is 1.67 bits per heavy atom. The molecule has 1 atom stereocenters. The summed E-state index contributed by atoms with van der Waals surface area (Å²) < 4.78 is 0. The highest BCUT2D eigenvalue weighted by Gasteiger charge is 2.28. The van der Waals surface area contributed by atoms with Crippen molar-refractivity contribution in [3.8, 4) is 0 Å². The van der Waals surface area contributed by atoms with Crippen LogP contribution in [0.3, 0.4) is 0 Å². The van der Waals surface area contributed by atoms with E-state index in [1.807, 2.05) is 32.0 Å². The normalized spacial score (nSPS) is 14.1. The minimum absolute atomic E-state index is 0.0624. The second-order valence-corrected chi connectivity index (χ2v) is 8.15. The molecule has 0 bridgehead atoms. The van der Waals surface area contributed by atoms with E-state index in [1.165, 1.54) is 11.1 Å². The number of carbonyl (C=O) groups is 1. The number of Topliss-reactive ketones (excluding diaryl/α,β-unsaturated/α-hetero) is 1. The molecule has 0 heterocycles. The zero-order valence-electron chi connectivity index (χ0n) is 14.9. The number of hydrogen-bond acceptors (Lipinski definition) is 2. The van der Waals surface area contributed by atoms with Crippen LogP contribution in [0.2, 0.25) is 0 Å². The monoisotopic (exact) mass is 289 g/mol. The SMILES string of the molecule is Cc1ccc(C(=O)C(C)NC(C)(C)CC(C)(C)C)cc1C. The van der Waals surface area contributed by atoms with E-state index in [9.17, 15) is 4.79 Å². The lowest BCUT2D eigenvalue weighted by Gasteiger charge is -2.35. The quantitative estimate of drug-likeness (QED) is 0.797. The van der Waals surface area contributed by atoms with Crippen molar-refractivity contribution < 1.29 is 4.79 Å². The topological polar surface area (TPSA) is 29.1 Å². The largest absolute Gasteiger partial charge is 0.302 e. The van der Waals surface area contributed by atoms with Crippen LogP contribution >= 0.6 is 0 Å². The van der Waals surface area contributed by atoms with Gasteiger partial charge in [0.2, 0.25) is 0 Å². The molecule has 0 aliphatic heterocycles. The molecule has 21 heavy (non-hydrogen) atoms. The van der Waals surface area contributed by atoms with Gasteiger partial charge in [-0.15, -0.1) is 0 Å². The third kappa shape index (κ3) is 5.62. The van der Waals surface area contributed by atoms with Crippen LogP contribution in [0.5, 0.6) is 0 Å². The van der Waals surface area contributed by atoms with Crippen LogP contribution in [-0.2, 0) is 0 Å². The van der Waals surface area contributed by atoms with Gasteiger partial charge in [0.15, 0.2) is 5.78 Å². The molecule has 1 rings (SSSR count). The van der Waals surface area contributed by atoms with Crippen LogP contribution in [0.25, 0.3) is 0 Å². The molecule has 2 nitrogen and oxygen atoms in total. The standard InChI is InChI=1S/C19H31NO/c1-13-9-10-16(11-14(13)2)17(21)15(3)20-19(7,8)12-18(4,5)6/h9-11,15,20H,12H2,1-8H3. The van der Waals surface area contributed by atoms with E-state index in [0.29, 0.717) is 0 Å². The Labute approximate surface area is 130 Å². The lowest BCUT2D eigenvalue weighted by atomic mass is 9.81. The number of ketones is 1. The lowest BCUT2D eigenvalue weighted by Crippen LogP contribution is -2.49. The molecule has 0 aliphatic carbocycles. The van der Waals surface area contributed by atoms with Crippen molar-refractivity contribution in [2.24, 2.45) is 5.41 Å². The average molecular weight is 289 g/mol. The molecule has 2 heteroatoms. The summed E-state index contributed by atoms with van der Waals surface area (Å²) in [6, 6.07) is 5.77. The molecule has 0 aliphatic rings. The molecule has 118 valence electrons. The molecule has 0 spiro atoms. The Morgan fingerprint density at radius 3 is 2.14 bits per heavy atom. The van der Waals surface area contributed by atoms with Crippen LogP contribution in [0.1, 0.15) is 69.4 Å². The number of rotatable bonds is 5. The number of hydrogen-bond donors (Lipinski definition) is 1. The number of aryl methyl sites for hydroxylation is 2. The first-order valence-electron chi connectivity index (χ1n) is 7.80. The van der Waals surface area contributed by atoms with Gasteiger partial charge in [0, 0.05) is 11.1 Å². The maximum absolute atomic E-state index is 12.6. The van der Waals surface area contributed by atoms with E-state index in [-0.39, 0.29) is 22.8 Å². The zero-order valence-corrected chi connectivity index (χ0v) is 14.9. The van der Waals surface area contributed by atoms with Crippen molar-refractivity contribution in [1.82, 2.24) is 5.32 Å². The van der Waals surface area contributed by atoms with E-state index in [0.717, 1.165) is 12.0 Å². The summed E-state index contributed by atoms with van der Waals surface area (Å²) >= 11 is 0. The third-order valence-corrected chi connectivity index (χ3v) is 3.76. The van der Waals surface area contributed by atoms with Crippen LogP contribution in [0.4, 0.5) is 0 Å². The van der Waals surface area contributed by atoms with Crippen molar-refractivity contribution in [2.75, 3.05) is 0 Å². The molecular weight excluding hydrogens is 258 g/mol. The van der Waals surface area contributed by atoms with Gasteiger partial charge >= 0.3 is 0 Å². The Hall–Kier alpha value is -1.15. The van der Waals surface area contributed by atoms with Crippen molar-refractivity contribution in [1.29, 1.82) is 0 Å². The van der Waals surface area contributed by atoms with Gasteiger partial charge in [-0.3, -0.25) is 4.79 Å². The number of carbonyl (C=O) groups excluding carboxylic acids is 1. The number of nitrogens with one attached hydrogen (secondary N) is 1. The fraction of sp³-hybridized carbons (Fsp3) is 0.632.